The number of hydrogen-bond acceptors (Lipinski definition) is 3. The van der Waals surface area contributed by atoms with Gasteiger partial charge in [0.25, 0.3) is 0 Å². The number of nitriles is 1. The SMILES string of the molecule is CC1=C(C#N)C(c2cc(F)c(F)cc2F)C2=C(CCNC2=O)N1. The van der Waals surface area contributed by atoms with E-state index in [0.29, 0.717) is 36.5 Å². The number of dihydropyridines is 1. The molecule has 0 aliphatic carbocycles. The van der Waals surface area contributed by atoms with Gasteiger partial charge < -0.3 is 10.6 Å². The average Bonchev–Trinajstić information content (AvgIpc) is 2.50. The molecule has 2 aliphatic rings. The molecule has 2 heterocycles. The Morgan fingerprint density at radius 1 is 1.22 bits per heavy atom. The molecular weight excluding hydrogens is 307 g/mol. The van der Waals surface area contributed by atoms with Crippen LogP contribution in [0.15, 0.2) is 34.7 Å². The van der Waals surface area contributed by atoms with Gasteiger partial charge in [0.05, 0.1) is 17.6 Å². The van der Waals surface area contributed by atoms with E-state index >= 15 is 0 Å². The molecule has 2 aliphatic heterocycles. The standard InChI is InChI=1S/C16H12F3N3O/c1-7-9(6-20)14(8-4-11(18)12(19)5-10(8)17)15-13(22-7)2-3-21-16(15)23/h4-5,14,22H,2-3H2,1H3,(H,21,23). The van der Waals surface area contributed by atoms with Crippen molar-refractivity contribution in [3.05, 3.63) is 57.7 Å². The first-order valence-electron chi connectivity index (χ1n) is 6.97. The van der Waals surface area contributed by atoms with Gasteiger partial charge in [0.15, 0.2) is 11.6 Å². The van der Waals surface area contributed by atoms with Crippen molar-refractivity contribution in [1.29, 1.82) is 5.26 Å². The Labute approximate surface area is 130 Å². The topological polar surface area (TPSA) is 64.9 Å². The van der Waals surface area contributed by atoms with Crippen molar-refractivity contribution in [1.82, 2.24) is 10.6 Å². The van der Waals surface area contributed by atoms with E-state index in [-0.39, 0.29) is 16.7 Å². The van der Waals surface area contributed by atoms with Crippen LogP contribution < -0.4 is 10.6 Å². The van der Waals surface area contributed by atoms with E-state index in [2.05, 4.69) is 10.6 Å². The van der Waals surface area contributed by atoms with Crippen molar-refractivity contribution < 1.29 is 18.0 Å². The Morgan fingerprint density at radius 3 is 2.61 bits per heavy atom. The smallest absolute Gasteiger partial charge is 0.249 e. The van der Waals surface area contributed by atoms with Gasteiger partial charge in [-0.25, -0.2) is 13.2 Å². The number of allylic oxidation sites excluding steroid dienone is 2. The number of carbonyl (C=O) groups is 1. The molecule has 118 valence electrons. The maximum Gasteiger partial charge on any atom is 0.249 e. The minimum atomic E-state index is -1.32. The molecule has 0 radical (unpaired) electrons. The minimum absolute atomic E-state index is 0.103. The molecule has 1 amide bonds. The van der Waals surface area contributed by atoms with E-state index in [1.54, 1.807) is 6.92 Å². The zero-order valence-electron chi connectivity index (χ0n) is 12.1. The number of carbonyl (C=O) groups excluding carboxylic acids is 1. The molecule has 0 saturated carbocycles. The lowest BCUT2D eigenvalue weighted by Crippen LogP contribution is -2.40. The van der Waals surface area contributed by atoms with Crippen LogP contribution in [-0.4, -0.2) is 12.5 Å². The molecule has 1 aromatic rings. The van der Waals surface area contributed by atoms with E-state index in [0.717, 1.165) is 0 Å². The number of nitrogens with zero attached hydrogens (tertiary/aromatic N) is 1. The Balaban J connectivity index is 2.26. The highest BCUT2D eigenvalue weighted by Crippen LogP contribution is 2.40. The number of amides is 1. The molecule has 3 rings (SSSR count). The van der Waals surface area contributed by atoms with Gasteiger partial charge in [-0.05, 0) is 13.0 Å². The molecule has 0 aromatic heterocycles. The van der Waals surface area contributed by atoms with E-state index < -0.39 is 29.3 Å². The normalized spacial score (nSPS) is 20.7. The van der Waals surface area contributed by atoms with Gasteiger partial charge in [0, 0.05) is 41.6 Å². The predicted octanol–water partition coefficient (Wildman–Crippen LogP) is 2.36. The Bertz CT molecular complexity index is 821. The summed E-state index contributed by atoms with van der Waals surface area (Å²) in [5.41, 5.74) is 1.08. The minimum Gasteiger partial charge on any atom is -0.361 e. The first-order chi connectivity index (χ1) is 10.9. The Hall–Kier alpha value is -2.75. The third-order valence-corrected chi connectivity index (χ3v) is 4.02. The van der Waals surface area contributed by atoms with Gasteiger partial charge in [0.2, 0.25) is 5.91 Å². The summed E-state index contributed by atoms with van der Waals surface area (Å²) in [5.74, 6) is -5.06. The van der Waals surface area contributed by atoms with Gasteiger partial charge >= 0.3 is 0 Å². The Morgan fingerprint density at radius 2 is 1.91 bits per heavy atom. The quantitative estimate of drug-likeness (QED) is 0.781. The number of benzene rings is 1. The number of rotatable bonds is 1. The zero-order valence-corrected chi connectivity index (χ0v) is 12.1. The van der Waals surface area contributed by atoms with Crippen LogP contribution in [0.1, 0.15) is 24.8 Å². The molecule has 2 N–H and O–H groups in total. The van der Waals surface area contributed by atoms with Crippen LogP contribution in [0.3, 0.4) is 0 Å². The summed E-state index contributed by atoms with van der Waals surface area (Å²) in [5, 5.41) is 15.0. The summed E-state index contributed by atoms with van der Waals surface area (Å²) in [6.07, 6.45) is 0.485. The lowest BCUT2D eigenvalue weighted by atomic mass is 9.79. The molecule has 1 unspecified atom stereocenters. The van der Waals surface area contributed by atoms with Gasteiger partial charge in [-0.1, -0.05) is 0 Å². The molecular formula is C16H12F3N3O. The molecule has 0 spiro atoms. The predicted molar refractivity (Wildman–Crippen MR) is 75.2 cm³/mol. The second kappa shape index (κ2) is 5.47. The van der Waals surface area contributed by atoms with Crippen LogP contribution in [0, 0.1) is 28.8 Å². The largest absolute Gasteiger partial charge is 0.361 e. The summed E-state index contributed by atoms with van der Waals surface area (Å²) in [6, 6.07) is 3.07. The van der Waals surface area contributed by atoms with Crippen LogP contribution in [0.2, 0.25) is 0 Å². The molecule has 1 atom stereocenters. The highest BCUT2D eigenvalue weighted by Gasteiger charge is 2.37. The second-order valence-corrected chi connectivity index (χ2v) is 5.39. The number of halogens is 3. The number of hydrogen-bond donors (Lipinski definition) is 2. The lowest BCUT2D eigenvalue weighted by Gasteiger charge is -2.33. The molecule has 7 heteroatoms. The monoisotopic (exact) mass is 319 g/mol. The first kappa shape index (κ1) is 15.2. The van der Waals surface area contributed by atoms with Crippen molar-refractivity contribution in [2.75, 3.05) is 6.54 Å². The summed E-state index contributed by atoms with van der Waals surface area (Å²) in [7, 11) is 0. The highest BCUT2D eigenvalue weighted by molar-refractivity contribution is 5.98. The van der Waals surface area contributed by atoms with Gasteiger partial charge in [0.1, 0.15) is 5.82 Å². The molecule has 0 saturated heterocycles. The van der Waals surface area contributed by atoms with Crippen molar-refractivity contribution in [2.45, 2.75) is 19.3 Å². The maximum absolute atomic E-state index is 14.2. The fourth-order valence-corrected chi connectivity index (χ4v) is 2.98. The summed E-state index contributed by atoms with van der Waals surface area (Å²) < 4.78 is 41.0. The summed E-state index contributed by atoms with van der Waals surface area (Å²) in [4.78, 5) is 12.2. The van der Waals surface area contributed by atoms with Crippen LogP contribution in [-0.2, 0) is 4.79 Å². The van der Waals surface area contributed by atoms with Crippen LogP contribution >= 0.6 is 0 Å². The molecule has 23 heavy (non-hydrogen) atoms. The second-order valence-electron chi connectivity index (χ2n) is 5.39. The molecule has 0 bridgehead atoms. The zero-order chi connectivity index (χ0) is 16.7. The molecule has 4 nitrogen and oxygen atoms in total. The van der Waals surface area contributed by atoms with E-state index in [4.69, 9.17) is 0 Å². The van der Waals surface area contributed by atoms with Gasteiger partial charge in [-0.3, -0.25) is 4.79 Å². The Kier molecular flexibility index (Phi) is 3.60. The summed E-state index contributed by atoms with van der Waals surface area (Å²) >= 11 is 0. The van der Waals surface area contributed by atoms with Crippen LogP contribution in [0.25, 0.3) is 0 Å². The fourth-order valence-electron chi connectivity index (χ4n) is 2.98. The highest BCUT2D eigenvalue weighted by atomic mass is 19.2. The third kappa shape index (κ3) is 2.36. The average molecular weight is 319 g/mol. The summed E-state index contributed by atoms with van der Waals surface area (Å²) in [6.45, 7) is 2.03. The fraction of sp³-hybridized carbons (Fsp3) is 0.250. The number of nitrogens with one attached hydrogen (secondary N) is 2. The first-order valence-corrected chi connectivity index (χ1v) is 6.97. The van der Waals surface area contributed by atoms with Gasteiger partial charge in [-0.15, -0.1) is 0 Å². The molecule has 0 fully saturated rings. The van der Waals surface area contributed by atoms with Crippen LogP contribution in [0.5, 0.6) is 0 Å². The van der Waals surface area contributed by atoms with Crippen molar-refractivity contribution >= 4 is 5.91 Å². The van der Waals surface area contributed by atoms with E-state index in [9.17, 15) is 23.2 Å². The van der Waals surface area contributed by atoms with Crippen molar-refractivity contribution in [3.8, 4) is 6.07 Å². The van der Waals surface area contributed by atoms with E-state index in [1.807, 2.05) is 6.07 Å². The van der Waals surface area contributed by atoms with Crippen molar-refractivity contribution in [3.63, 3.8) is 0 Å². The third-order valence-electron chi connectivity index (χ3n) is 4.02. The van der Waals surface area contributed by atoms with Crippen LogP contribution in [0.4, 0.5) is 13.2 Å². The lowest BCUT2D eigenvalue weighted by molar-refractivity contribution is -0.118. The van der Waals surface area contributed by atoms with Crippen molar-refractivity contribution in [2.24, 2.45) is 0 Å². The molecule has 1 aromatic carbocycles. The van der Waals surface area contributed by atoms with E-state index in [1.165, 1.54) is 0 Å². The maximum atomic E-state index is 14.2. The van der Waals surface area contributed by atoms with Gasteiger partial charge in [-0.2, -0.15) is 5.26 Å².